The maximum Gasteiger partial charge on any atom is 0.156 e. The summed E-state index contributed by atoms with van der Waals surface area (Å²) in [7, 11) is 0. The topological polar surface area (TPSA) is 61.9 Å². The van der Waals surface area contributed by atoms with E-state index < -0.39 is 0 Å². The first-order chi connectivity index (χ1) is 9.11. The number of amidine groups is 1. The zero-order valence-corrected chi connectivity index (χ0v) is 11.3. The molecule has 1 aliphatic rings. The van der Waals surface area contributed by atoms with Gasteiger partial charge in [0.25, 0.3) is 0 Å². The molecule has 1 aromatic rings. The molecule has 19 heavy (non-hydrogen) atoms. The second kappa shape index (κ2) is 6.21. The van der Waals surface area contributed by atoms with E-state index in [4.69, 9.17) is 22.5 Å². The van der Waals surface area contributed by atoms with E-state index in [9.17, 15) is 4.39 Å². The van der Waals surface area contributed by atoms with Gasteiger partial charge >= 0.3 is 0 Å². The molecule has 0 bridgehead atoms. The fourth-order valence-corrected chi connectivity index (χ4v) is 2.68. The molecule has 1 aliphatic heterocycles. The zero-order valence-electron chi connectivity index (χ0n) is 10.5. The highest BCUT2D eigenvalue weighted by Crippen LogP contribution is 2.24. The van der Waals surface area contributed by atoms with Gasteiger partial charge in [0.15, 0.2) is 5.84 Å². The second-order valence-corrected chi connectivity index (χ2v) is 5.15. The lowest BCUT2D eigenvalue weighted by molar-refractivity contribution is 0.178. The van der Waals surface area contributed by atoms with Crippen LogP contribution < -0.4 is 5.73 Å². The van der Waals surface area contributed by atoms with Crippen molar-refractivity contribution >= 4 is 17.4 Å². The predicted molar refractivity (Wildman–Crippen MR) is 72.9 cm³/mol. The minimum atomic E-state index is -0.347. The smallest absolute Gasteiger partial charge is 0.156 e. The van der Waals surface area contributed by atoms with E-state index in [1.54, 1.807) is 6.07 Å². The van der Waals surface area contributed by atoms with Crippen LogP contribution in [0.2, 0.25) is 5.02 Å². The molecule has 1 heterocycles. The van der Waals surface area contributed by atoms with Crippen LogP contribution in [0.1, 0.15) is 24.8 Å². The molecule has 4 nitrogen and oxygen atoms in total. The average molecular weight is 286 g/mol. The summed E-state index contributed by atoms with van der Waals surface area (Å²) in [6.45, 7) is 1.43. The Bertz CT molecular complexity index is 481. The van der Waals surface area contributed by atoms with Crippen LogP contribution >= 0.6 is 11.6 Å². The van der Waals surface area contributed by atoms with Crippen molar-refractivity contribution in [2.45, 2.75) is 31.8 Å². The van der Waals surface area contributed by atoms with Gasteiger partial charge in [-0.05, 0) is 37.1 Å². The van der Waals surface area contributed by atoms with Crippen LogP contribution in [0, 0.1) is 5.82 Å². The maximum atomic E-state index is 13.0. The third kappa shape index (κ3) is 3.36. The first kappa shape index (κ1) is 14.1. The number of likely N-dealkylation sites (tertiary alicyclic amines) is 1. The number of oxime groups is 1. The summed E-state index contributed by atoms with van der Waals surface area (Å²) in [6, 6.07) is 4.29. The van der Waals surface area contributed by atoms with Gasteiger partial charge in [-0.15, -0.1) is 0 Å². The van der Waals surface area contributed by atoms with E-state index in [0.717, 1.165) is 31.4 Å². The highest BCUT2D eigenvalue weighted by molar-refractivity contribution is 6.31. The van der Waals surface area contributed by atoms with E-state index in [1.165, 1.54) is 12.1 Å². The third-order valence-corrected chi connectivity index (χ3v) is 3.81. The van der Waals surface area contributed by atoms with E-state index in [0.29, 0.717) is 11.6 Å². The van der Waals surface area contributed by atoms with Gasteiger partial charge in [-0.3, -0.25) is 4.90 Å². The molecule has 1 fully saturated rings. The summed E-state index contributed by atoms with van der Waals surface area (Å²) in [5.74, 6) is -0.127. The van der Waals surface area contributed by atoms with Crippen LogP contribution in [0.5, 0.6) is 0 Å². The minimum absolute atomic E-state index is 0.0835. The highest BCUT2D eigenvalue weighted by atomic mass is 35.5. The van der Waals surface area contributed by atoms with Gasteiger partial charge in [0.05, 0.1) is 6.04 Å². The monoisotopic (exact) mass is 285 g/mol. The summed E-state index contributed by atoms with van der Waals surface area (Å²) in [6.07, 6.45) is 2.97. The van der Waals surface area contributed by atoms with E-state index in [-0.39, 0.29) is 17.7 Å². The molecular formula is C13H17ClFN3O. The number of nitrogens with two attached hydrogens (primary N) is 1. The van der Waals surface area contributed by atoms with E-state index >= 15 is 0 Å². The summed E-state index contributed by atoms with van der Waals surface area (Å²) in [5, 5.41) is 12.3. The van der Waals surface area contributed by atoms with Gasteiger partial charge in [-0.1, -0.05) is 29.2 Å². The predicted octanol–water partition coefficient (Wildman–Crippen LogP) is 2.58. The molecule has 0 saturated carbocycles. The minimum Gasteiger partial charge on any atom is -0.409 e. The van der Waals surface area contributed by atoms with Crippen LogP contribution in [-0.4, -0.2) is 28.5 Å². The number of hydrogen-bond donors (Lipinski definition) is 2. The third-order valence-electron chi connectivity index (χ3n) is 3.46. The van der Waals surface area contributed by atoms with Crippen molar-refractivity contribution in [2.75, 3.05) is 6.54 Å². The van der Waals surface area contributed by atoms with Crippen LogP contribution in [0.3, 0.4) is 0 Å². The van der Waals surface area contributed by atoms with Crippen molar-refractivity contribution in [2.24, 2.45) is 10.9 Å². The number of nitrogens with zero attached hydrogens (tertiary/aromatic N) is 2. The van der Waals surface area contributed by atoms with Crippen molar-refractivity contribution in [3.63, 3.8) is 0 Å². The summed E-state index contributed by atoms with van der Waals surface area (Å²) in [5.41, 5.74) is 6.57. The van der Waals surface area contributed by atoms with Crippen molar-refractivity contribution in [3.05, 3.63) is 34.6 Å². The Labute approximate surface area is 116 Å². The number of halogens is 2. The van der Waals surface area contributed by atoms with Crippen molar-refractivity contribution in [3.8, 4) is 0 Å². The first-order valence-corrected chi connectivity index (χ1v) is 6.65. The van der Waals surface area contributed by atoms with E-state index in [1.807, 2.05) is 0 Å². The number of hydrogen-bond acceptors (Lipinski definition) is 3. The second-order valence-electron chi connectivity index (χ2n) is 4.74. The zero-order chi connectivity index (χ0) is 13.8. The Morgan fingerprint density at radius 1 is 1.53 bits per heavy atom. The van der Waals surface area contributed by atoms with Gasteiger partial charge < -0.3 is 10.9 Å². The molecule has 1 atom stereocenters. The van der Waals surface area contributed by atoms with Gasteiger partial charge in [-0.2, -0.15) is 0 Å². The fraction of sp³-hybridized carbons (Fsp3) is 0.462. The number of benzene rings is 1. The summed E-state index contributed by atoms with van der Waals surface area (Å²) < 4.78 is 13.0. The average Bonchev–Trinajstić information content (AvgIpc) is 2.41. The molecule has 104 valence electrons. The lowest BCUT2D eigenvalue weighted by Crippen LogP contribution is -2.47. The standard InChI is InChI=1S/C13H17ClFN3O/c14-11-7-10(15)5-4-9(11)8-18-6-2-1-3-12(18)13(16)17-19/h4-5,7,12,19H,1-3,6,8H2,(H2,16,17). The van der Waals surface area contributed by atoms with Gasteiger partial charge in [-0.25, -0.2) is 4.39 Å². The maximum absolute atomic E-state index is 13.0. The van der Waals surface area contributed by atoms with Crippen molar-refractivity contribution in [1.29, 1.82) is 0 Å². The van der Waals surface area contributed by atoms with E-state index in [2.05, 4.69) is 10.1 Å². The van der Waals surface area contributed by atoms with Gasteiger partial charge in [0.2, 0.25) is 0 Å². The normalized spacial score (nSPS) is 21.6. The van der Waals surface area contributed by atoms with Crippen LogP contribution in [0.4, 0.5) is 4.39 Å². The molecule has 2 rings (SSSR count). The Morgan fingerprint density at radius 2 is 2.32 bits per heavy atom. The molecule has 1 unspecified atom stereocenters. The molecule has 1 saturated heterocycles. The molecule has 6 heteroatoms. The molecule has 3 N–H and O–H groups in total. The van der Waals surface area contributed by atoms with Crippen molar-refractivity contribution < 1.29 is 9.60 Å². The molecule has 0 radical (unpaired) electrons. The molecular weight excluding hydrogens is 269 g/mol. The Hall–Kier alpha value is -1.33. The quantitative estimate of drug-likeness (QED) is 0.388. The van der Waals surface area contributed by atoms with Crippen LogP contribution in [-0.2, 0) is 6.54 Å². The Morgan fingerprint density at radius 3 is 3.00 bits per heavy atom. The molecule has 0 spiro atoms. The first-order valence-electron chi connectivity index (χ1n) is 6.27. The lowest BCUT2D eigenvalue weighted by atomic mass is 10.0. The van der Waals surface area contributed by atoms with Crippen molar-refractivity contribution in [1.82, 2.24) is 4.90 Å². The highest BCUT2D eigenvalue weighted by Gasteiger charge is 2.26. The lowest BCUT2D eigenvalue weighted by Gasteiger charge is -2.34. The van der Waals surface area contributed by atoms with Crippen LogP contribution in [0.25, 0.3) is 0 Å². The number of rotatable bonds is 3. The fourth-order valence-electron chi connectivity index (χ4n) is 2.45. The summed E-state index contributed by atoms with van der Waals surface area (Å²) >= 11 is 6.03. The van der Waals surface area contributed by atoms with Crippen LogP contribution in [0.15, 0.2) is 23.4 Å². The molecule has 0 aliphatic carbocycles. The number of piperidine rings is 1. The summed E-state index contributed by atoms with van der Waals surface area (Å²) in [4.78, 5) is 2.11. The molecule has 1 aromatic carbocycles. The Kier molecular flexibility index (Phi) is 4.61. The van der Waals surface area contributed by atoms with Gasteiger partial charge in [0, 0.05) is 11.6 Å². The molecule has 0 amide bonds. The largest absolute Gasteiger partial charge is 0.409 e. The Balaban J connectivity index is 2.15. The SMILES string of the molecule is NC(=NO)C1CCCCN1Cc1ccc(F)cc1Cl. The van der Waals surface area contributed by atoms with Gasteiger partial charge in [0.1, 0.15) is 5.82 Å². The molecule has 0 aromatic heterocycles.